The normalized spacial score (nSPS) is 12.7. The van der Waals surface area contributed by atoms with E-state index in [1.807, 2.05) is 0 Å². The van der Waals surface area contributed by atoms with Crippen LogP contribution >= 0.6 is 11.8 Å². The van der Waals surface area contributed by atoms with E-state index in [2.05, 4.69) is 45.3 Å². The van der Waals surface area contributed by atoms with E-state index in [1.165, 1.54) is 24.6 Å². The lowest BCUT2D eigenvalue weighted by molar-refractivity contribution is -0.123. The lowest BCUT2D eigenvalue weighted by atomic mass is 9.89. The Morgan fingerprint density at radius 2 is 1.72 bits per heavy atom. The predicted molar refractivity (Wildman–Crippen MR) is 110 cm³/mol. The number of carbonyl (C=O) groups is 2. The third-order valence-corrected chi connectivity index (χ3v) is 5.13. The second-order valence-electron chi connectivity index (χ2n) is 7.76. The van der Waals surface area contributed by atoms with Crippen LogP contribution in [-0.4, -0.2) is 29.0 Å². The SMILES string of the molecule is CCCCCCC(=O)NC(C)(C)CC(C)CCNC(=O)SCCCC. The fraction of sp³-hybridized carbons (Fsp3) is 0.900. The van der Waals surface area contributed by atoms with Gasteiger partial charge >= 0.3 is 0 Å². The third kappa shape index (κ3) is 15.3. The van der Waals surface area contributed by atoms with Crippen LogP contribution in [-0.2, 0) is 4.79 Å². The monoisotopic (exact) mass is 372 g/mol. The number of rotatable bonds is 14. The largest absolute Gasteiger partial charge is 0.351 e. The quantitative estimate of drug-likeness (QED) is 0.395. The molecule has 5 heteroatoms. The van der Waals surface area contributed by atoms with Gasteiger partial charge in [0.2, 0.25) is 5.91 Å². The van der Waals surface area contributed by atoms with Crippen LogP contribution in [0.1, 0.15) is 92.4 Å². The van der Waals surface area contributed by atoms with Gasteiger partial charge in [-0.25, -0.2) is 0 Å². The van der Waals surface area contributed by atoms with Crippen LogP contribution in [0, 0.1) is 5.92 Å². The van der Waals surface area contributed by atoms with Gasteiger partial charge in [0.05, 0.1) is 0 Å². The molecule has 0 heterocycles. The Morgan fingerprint density at radius 1 is 1.04 bits per heavy atom. The van der Waals surface area contributed by atoms with Crippen LogP contribution < -0.4 is 10.6 Å². The molecule has 1 unspecified atom stereocenters. The Hall–Kier alpha value is -0.710. The molecule has 0 aromatic carbocycles. The highest BCUT2D eigenvalue weighted by atomic mass is 32.2. The zero-order chi connectivity index (χ0) is 19.1. The van der Waals surface area contributed by atoms with E-state index in [-0.39, 0.29) is 16.7 Å². The molecule has 0 aromatic rings. The van der Waals surface area contributed by atoms with E-state index in [1.54, 1.807) is 0 Å². The first-order chi connectivity index (χ1) is 11.8. The molecule has 148 valence electrons. The van der Waals surface area contributed by atoms with Gasteiger partial charge in [0, 0.05) is 24.3 Å². The molecule has 2 amide bonds. The van der Waals surface area contributed by atoms with Crippen LogP contribution in [0.5, 0.6) is 0 Å². The minimum atomic E-state index is -0.193. The number of hydrogen-bond acceptors (Lipinski definition) is 3. The zero-order valence-corrected chi connectivity index (χ0v) is 17.9. The average Bonchev–Trinajstić information content (AvgIpc) is 2.50. The molecule has 0 aliphatic rings. The van der Waals surface area contributed by atoms with Crippen molar-refractivity contribution in [3.63, 3.8) is 0 Å². The van der Waals surface area contributed by atoms with Crippen molar-refractivity contribution < 1.29 is 9.59 Å². The van der Waals surface area contributed by atoms with Crippen molar-refractivity contribution in [2.45, 2.75) is 97.9 Å². The molecule has 1 atom stereocenters. The average molecular weight is 373 g/mol. The van der Waals surface area contributed by atoms with Gasteiger partial charge in [0.25, 0.3) is 5.24 Å². The minimum absolute atomic E-state index is 0.0836. The summed E-state index contributed by atoms with van der Waals surface area (Å²) in [5.41, 5.74) is -0.193. The summed E-state index contributed by atoms with van der Waals surface area (Å²) in [5.74, 6) is 1.51. The fourth-order valence-electron chi connectivity index (χ4n) is 2.96. The lowest BCUT2D eigenvalue weighted by Gasteiger charge is -2.29. The maximum Gasteiger partial charge on any atom is 0.279 e. The third-order valence-electron chi connectivity index (χ3n) is 4.23. The molecule has 0 aliphatic carbocycles. The second kappa shape index (κ2) is 14.5. The Labute approximate surface area is 159 Å². The molecule has 0 fully saturated rings. The number of unbranched alkanes of at least 4 members (excludes halogenated alkanes) is 4. The highest BCUT2D eigenvalue weighted by Crippen LogP contribution is 2.19. The fourth-order valence-corrected chi connectivity index (χ4v) is 3.78. The molecule has 0 bridgehead atoms. The van der Waals surface area contributed by atoms with Gasteiger partial charge in [-0.05, 0) is 45.4 Å². The molecule has 0 aromatic heterocycles. The Morgan fingerprint density at radius 3 is 2.36 bits per heavy atom. The van der Waals surface area contributed by atoms with E-state index < -0.39 is 0 Å². The van der Waals surface area contributed by atoms with E-state index in [0.29, 0.717) is 18.9 Å². The molecular weight excluding hydrogens is 332 g/mol. The second-order valence-corrected chi connectivity index (χ2v) is 8.82. The van der Waals surface area contributed by atoms with Crippen LogP contribution in [0.4, 0.5) is 4.79 Å². The Kier molecular flexibility index (Phi) is 14.0. The summed E-state index contributed by atoms with van der Waals surface area (Å²) in [6, 6.07) is 0. The summed E-state index contributed by atoms with van der Waals surface area (Å²) in [4.78, 5) is 23.7. The smallest absolute Gasteiger partial charge is 0.279 e. The number of thioether (sulfide) groups is 1. The van der Waals surface area contributed by atoms with E-state index in [9.17, 15) is 9.59 Å². The number of carbonyl (C=O) groups excluding carboxylic acids is 2. The van der Waals surface area contributed by atoms with Crippen molar-refractivity contribution in [1.82, 2.24) is 10.6 Å². The van der Waals surface area contributed by atoms with Gasteiger partial charge in [0.1, 0.15) is 0 Å². The van der Waals surface area contributed by atoms with Crippen molar-refractivity contribution >= 4 is 22.9 Å². The standard InChI is InChI=1S/C20H40N2O2S/c1-6-8-10-11-12-18(23)22-20(4,5)16-17(3)13-14-21-19(24)25-15-9-7-2/h17H,6-16H2,1-5H3,(H,21,24)(H,22,23). The maximum atomic E-state index is 12.1. The van der Waals surface area contributed by atoms with E-state index >= 15 is 0 Å². The first-order valence-corrected chi connectivity index (χ1v) is 11.0. The summed E-state index contributed by atoms with van der Waals surface area (Å²) in [6.07, 6.45) is 9.21. The van der Waals surface area contributed by atoms with Gasteiger partial charge in [-0.15, -0.1) is 0 Å². The number of hydrogen-bond donors (Lipinski definition) is 2. The highest BCUT2D eigenvalue weighted by molar-refractivity contribution is 8.13. The molecule has 0 aliphatic heterocycles. The maximum absolute atomic E-state index is 12.1. The summed E-state index contributed by atoms with van der Waals surface area (Å²) >= 11 is 1.38. The summed E-state index contributed by atoms with van der Waals surface area (Å²) < 4.78 is 0. The van der Waals surface area contributed by atoms with Gasteiger partial charge in [-0.3, -0.25) is 9.59 Å². The van der Waals surface area contributed by atoms with Gasteiger partial charge in [0.15, 0.2) is 0 Å². The lowest BCUT2D eigenvalue weighted by Crippen LogP contribution is -2.44. The highest BCUT2D eigenvalue weighted by Gasteiger charge is 2.22. The van der Waals surface area contributed by atoms with Gasteiger partial charge < -0.3 is 10.6 Å². The minimum Gasteiger partial charge on any atom is -0.351 e. The van der Waals surface area contributed by atoms with Gasteiger partial charge in [-0.2, -0.15) is 0 Å². The summed E-state index contributed by atoms with van der Waals surface area (Å²) in [6.45, 7) is 11.4. The zero-order valence-electron chi connectivity index (χ0n) is 17.1. The van der Waals surface area contributed by atoms with Crippen molar-refractivity contribution in [2.24, 2.45) is 5.92 Å². The van der Waals surface area contributed by atoms with Crippen molar-refractivity contribution in [3.8, 4) is 0 Å². The van der Waals surface area contributed by atoms with Crippen LogP contribution in [0.2, 0.25) is 0 Å². The first kappa shape index (κ1) is 24.3. The van der Waals surface area contributed by atoms with Crippen LogP contribution in [0.3, 0.4) is 0 Å². The first-order valence-electron chi connectivity index (χ1n) is 10.0. The van der Waals surface area contributed by atoms with Crippen molar-refractivity contribution in [3.05, 3.63) is 0 Å². The molecule has 4 nitrogen and oxygen atoms in total. The molecule has 25 heavy (non-hydrogen) atoms. The predicted octanol–water partition coefficient (Wildman–Crippen LogP) is 5.51. The Balaban J connectivity index is 3.91. The van der Waals surface area contributed by atoms with Crippen LogP contribution in [0.25, 0.3) is 0 Å². The molecule has 2 N–H and O–H groups in total. The summed E-state index contributed by atoms with van der Waals surface area (Å²) in [7, 11) is 0. The van der Waals surface area contributed by atoms with Crippen molar-refractivity contribution in [2.75, 3.05) is 12.3 Å². The topological polar surface area (TPSA) is 58.2 Å². The number of amides is 2. The van der Waals surface area contributed by atoms with Crippen molar-refractivity contribution in [1.29, 1.82) is 0 Å². The molecule has 0 rings (SSSR count). The molecule has 0 saturated heterocycles. The molecule has 0 saturated carbocycles. The van der Waals surface area contributed by atoms with E-state index in [0.717, 1.165) is 44.3 Å². The summed E-state index contributed by atoms with van der Waals surface area (Å²) in [5, 5.41) is 6.23. The molecule has 0 spiro atoms. The molecular formula is C20H40N2O2S. The van der Waals surface area contributed by atoms with Crippen LogP contribution in [0.15, 0.2) is 0 Å². The molecule has 0 radical (unpaired) electrons. The number of nitrogens with one attached hydrogen (secondary N) is 2. The van der Waals surface area contributed by atoms with E-state index in [4.69, 9.17) is 0 Å². The van der Waals surface area contributed by atoms with Gasteiger partial charge in [-0.1, -0.05) is 58.2 Å². The Bertz CT molecular complexity index is 373.